The lowest BCUT2D eigenvalue weighted by molar-refractivity contribution is -0.141. The van der Waals surface area contributed by atoms with E-state index in [1.807, 2.05) is 6.07 Å². The van der Waals surface area contributed by atoms with Crippen molar-refractivity contribution in [3.05, 3.63) is 101 Å². The van der Waals surface area contributed by atoms with Gasteiger partial charge in [-0.25, -0.2) is 4.79 Å². The van der Waals surface area contributed by atoms with Crippen molar-refractivity contribution >= 4 is 11.7 Å². The van der Waals surface area contributed by atoms with E-state index in [0.29, 0.717) is 17.4 Å². The van der Waals surface area contributed by atoms with Gasteiger partial charge in [-0.3, -0.25) is 0 Å². The first-order valence-electron chi connectivity index (χ1n) is 13.4. The van der Waals surface area contributed by atoms with E-state index in [-0.39, 0.29) is 12.2 Å². The molecule has 37 heavy (non-hydrogen) atoms. The molecule has 1 fully saturated rings. The Hall–Kier alpha value is -3.15. The average molecular weight is 500 g/mol. The van der Waals surface area contributed by atoms with Crippen molar-refractivity contribution in [2.75, 3.05) is 32.2 Å². The van der Waals surface area contributed by atoms with Gasteiger partial charge in [0, 0.05) is 44.8 Å². The fourth-order valence-electron chi connectivity index (χ4n) is 6.43. The van der Waals surface area contributed by atoms with Crippen LogP contribution in [0.2, 0.25) is 0 Å². The highest BCUT2D eigenvalue weighted by atomic mass is 16.7. The summed E-state index contributed by atoms with van der Waals surface area (Å²) in [6.45, 7) is 1.98. The van der Waals surface area contributed by atoms with Crippen molar-refractivity contribution in [3.8, 4) is 0 Å². The van der Waals surface area contributed by atoms with E-state index >= 15 is 0 Å². The lowest BCUT2D eigenvalue weighted by atomic mass is 9.75. The molecule has 1 heterocycles. The molecular formula is C32H37NO4. The van der Waals surface area contributed by atoms with Crippen LogP contribution in [0.4, 0.5) is 5.69 Å². The molecule has 1 aliphatic heterocycles. The molecule has 0 bridgehead atoms. The molecule has 0 aromatic heterocycles. The van der Waals surface area contributed by atoms with E-state index in [1.165, 1.54) is 27.9 Å². The topological polar surface area (TPSA) is 59.0 Å². The van der Waals surface area contributed by atoms with Gasteiger partial charge in [-0.15, -0.1) is 0 Å². The lowest BCUT2D eigenvalue weighted by Crippen LogP contribution is -2.39. The van der Waals surface area contributed by atoms with E-state index in [1.54, 1.807) is 20.3 Å². The summed E-state index contributed by atoms with van der Waals surface area (Å²) >= 11 is 0. The zero-order valence-corrected chi connectivity index (χ0v) is 21.8. The molecule has 5 nitrogen and oxygen atoms in total. The van der Waals surface area contributed by atoms with Crippen LogP contribution in [0, 0.1) is 5.92 Å². The van der Waals surface area contributed by atoms with Crippen LogP contribution in [0.15, 0.2) is 72.8 Å². The molecule has 0 spiro atoms. The summed E-state index contributed by atoms with van der Waals surface area (Å²) in [5.41, 5.74) is 6.69. The normalized spacial score (nSPS) is 20.5. The van der Waals surface area contributed by atoms with Gasteiger partial charge >= 0.3 is 5.97 Å². The standard InChI is InChI=1S/C32H37NO4/c1-36-32(37-2)24-17-19-33(20-18-24)27-14-11-23(12-15-27)30-28(22-7-4-3-5-8-22)10-6-9-25-21-26(31(34)35)13-16-29(25)30/h3-5,7-8,11-16,21,24,28,30,32H,6,9-10,17-20H2,1-2H3,(H,34,35)/t28-,30+/m0/s1. The number of ether oxygens (including phenoxy) is 2. The van der Waals surface area contributed by atoms with Crippen LogP contribution >= 0.6 is 0 Å². The third-order valence-corrected chi connectivity index (χ3v) is 8.32. The molecule has 2 atom stereocenters. The lowest BCUT2D eigenvalue weighted by Gasteiger charge is -2.36. The summed E-state index contributed by atoms with van der Waals surface area (Å²) in [5.74, 6) is 0.0976. The number of carbonyl (C=O) groups is 1. The highest BCUT2D eigenvalue weighted by Gasteiger charge is 2.31. The van der Waals surface area contributed by atoms with Crippen molar-refractivity contribution in [1.29, 1.82) is 0 Å². The summed E-state index contributed by atoms with van der Waals surface area (Å²) in [4.78, 5) is 14.1. The molecule has 3 aromatic rings. The third-order valence-electron chi connectivity index (χ3n) is 8.32. The van der Waals surface area contributed by atoms with Crippen molar-refractivity contribution in [2.24, 2.45) is 5.92 Å². The molecular weight excluding hydrogens is 462 g/mol. The van der Waals surface area contributed by atoms with Crippen LogP contribution in [0.5, 0.6) is 0 Å². The first kappa shape index (κ1) is 25.5. The van der Waals surface area contributed by atoms with Gasteiger partial charge in [0.25, 0.3) is 0 Å². The van der Waals surface area contributed by atoms with E-state index in [9.17, 15) is 9.90 Å². The summed E-state index contributed by atoms with van der Waals surface area (Å²) < 4.78 is 11.0. The molecule has 0 radical (unpaired) electrons. The van der Waals surface area contributed by atoms with Crippen molar-refractivity contribution < 1.29 is 19.4 Å². The van der Waals surface area contributed by atoms with Crippen LogP contribution in [-0.2, 0) is 15.9 Å². The molecule has 5 heteroatoms. The Bertz CT molecular complexity index is 1180. The fraction of sp³-hybridized carbons (Fsp3) is 0.406. The Labute approximate surface area is 220 Å². The number of methoxy groups -OCH3 is 2. The summed E-state index contributed by atoms with van der Waals surface area (Å²) in [6, 6.07) is 25.6. The van der Waals surface area contributed by atoms with Gasteiger partial charge < -0.3 is 19.5 Å². The second-order valence-electron chi connectivity index (χ2n) is 10.4. The number of rotatable bonds is 7. The average Bonchev–Trinajstić information content (AvgIpc) is 3.14. The smallest absolute Gasteiger partial charge is 0.335 e. The minimum atomic E-state index is -0.862. The second-order valence-corrected chi connectivity index (χ2v) is 10.4. The molecule has 0 amide bonds. The Balaban J connectivity index is 1.44. The Morgan fingerprint density at radius 1 is 0.892 bits per heavy atom. The van der Waals surface area contributed by atoms with Crippen LogP contribution in [0.3, 0.4) is 0 Å². The van der Waals surface area contributed by atoms with Crippen molar-refractivity contribution in [1.82, 2.24) is 0 Å². The zero-order valence-electron chi connectivity index (χ0n) is 21.8. The van der Waals surface area contributed by atoms with Gasteiger partial charge in [0.1, 0.15) is 0 Å². The number of carboxylic acids is 1. The molecule has 2 aliphatic rings. The molecule has 3 aromatic carbocycles. The third kappa shape index (κ3) is 5.43. The monoisotopic (exact) mass is 499 g/mol. The Morgan fingerprint density at radius 2 is 1.59 bits per heavy atom. The maximum atomic E-state index is 11.7. The molecule has 1 N–H and O–H groups in total. The number of anilines is 1. The van der Waals surface area contributed by atoms with Gasteiger partial charge in [-0.05, 0) is 84.5 Å². The van der Waals surface area contributed by atoms with Gasteiger partial charge in [-0.2, -0.15) is 0 Å². The first-order valence-corrected chi connectivity index (χ1v) is 13.4. The van der Waals surface area contributed by atoms with E-state index < -0.39 is 5.97 Å². The number of aryl methyl sites for hydroxylation is 1. The molecule has 194 valence electrons. The number of hydrogen-bond acceptors (Lipinski definition) is 4. The van der Waals surface area contributed by atoms with E-state index in [4.69, 9.17) is 9.47 Å². The van der Waals surface area contributed by atoms with Crippen molar-refractivity contribution in [2.45, 2.75) is 50.2 Å². The molecule has 1 aliphatic carbocycles. The molecule has 5 rings (SSSR count). The number of aromatic carboxylic acids is 1. The largest absolute Gasteiger partial charge is 0.478 e. The quantitative estimate of drug-likeness (QED) is 0.298. The summed E-state index contributed by atoms with van der Waals surface area (Å²) in [5, 5.41) is 9.58. The van der Waals surface area contributed by atoms with Crippen molar-refractivity contribution in [3.63, 3.8) is 0 Å². The summed E-state index contributed by atoms with van der Waals surface area (Å²) in [7, 11) is 3.44. The zero-order chi connectivity index (χ0) is 25.8. The predicted octanol–water partition coefficient (Wildman–Crippen LogP) is 6.47. The van der Waals surface area contributed by atoms with Gasteiger partial charge in [0.05, 0.1) is 5.56 Å². The molecule has 0 saturated carbocycles. The number of fused-ring (bicyclic) bond motifs is 1. The highest BCUT2D eigenvalue weighted by Crippen LogP contribution is 2.45. The Morgan fingerprint density at radius 3 is 2.24 bits per heavy atom. The van der Waals surface area contributed by atoms with Gasteiger partial charge in [-0.1, -0.05) is 48.5 Å². The predicted molar refractivity (Wildman–Crippen MR) is 147 cm³/mol. The second kappa shape index (κ2) is 11.5. The number of hydrogen-bond donors (Lipinski definition) is 1. The van der Waals surface area contributed by atoms with E-state index in [2.05, 4.69) is 65.6 Å². The van der Waals surface area contributed by atoms with Crippen LogP contribution in [0.1, 0.15) is 70.1 Å². The maximum absolute atomic E-state index is 11.7. The van der Waals surface area contributed by atoms with Gasteiger partial charge in [0.2, 0.25) is 0 Å². The SMILES string of the molecule is COC(OC)C1CCN(c2ccc([C@H]3c4ccc(C(=O)O)cc4CCC[C@H]3c3ccccc3)cc2)CC1. The highest BCUT2D eigenvalue weighted by molar-refractivity contribution is 5.88. The molecule has 0 unspecified atom stereocenters. The van der Waals surface area contributed by atoms with Crippen LogP contribution in [-0.4, -0.2) is 44.7 Å². The van der Waals surface area contributed by atoms with Crippen LogP contribution in [0.25, 0.3) is 0 Å². The minimum Gasteiger partial charge on any atom is -0.478 e. The number of benzene rings is 3. The first-order chi connectivity index (χ1) is 18.1. The number of nitrogens with zero attached hydrogens (tertiary/aromatic N) is 1. The number of piperidine rings is 1. The summed E-state index contributed by atoms with van der Waals surface area (Å²) in [6.07, 6.45) is 4.99. The van der Waals surface area contributed by atoms with Gasteiger partial charge in [0.15, 0.2) is 6.29 Å². The number of carboxylic acid groups (broad SMARTS) is 1. The molecule has 1 saturated heterocycles. The fourth-order valence-corrected chi connectivity index (χ4v) is 6.43. The van der Waals surface area contributed by atoms with Crippen LogP contribution < -0.4 is 4.90 Å². The maximum Gasteiger partial charge on any atom is 0.335 e. The Kier molecular flexibility index (Phi) is 7.92. The van der Waals surface area contributed by atoms with E-state index in [0.717, 1.165) is 45.2 Å². The minimum absolute atomic E-state index is 0.128.